The Morgan fingerprint density at radius 1 is 1.17 bits per heavy atom. The third-order valence-corrected chi connectivity index (χ3v) is 3.50. The molecule has 0 saturated heterocycles. The summed E-state index contributed by atoms with van der Waals surface area (Å²) in [7, 11) is 1.92. The van der Waals surface area contributed by atoms with Gasteiger partial charge in [0.25, 0.3) is 5.69 Å². The fourth-order valence-electron chi connectivity index (χ4n) is 2.33. The molecule has 116 valence electrons. The van der Waals surface area contributed by atoms with Gasteiger partial charge in [0.05, 0.1) is 4.92 Å². The van der Waals surface area contributed by atoms with E-state index in [2.05, 4.69) is 15.3 Å². The molecule has 0 radical (unpaired) electrons. The average molecular weight is 309 g/mol. The second-order valence-corrected chi connectivity index (χ2v) is 5.04. The first-order valence-corrected chi connectivity index (χ1v) is 7.04. The third-order valence-electron chi connectivity index (χ3n) is 3.50. The molecular formula is C16H15N5O2. The molecule has 1 atom stereocenters. The zero-order valence-corrected chi connectivity index (χ0v) is 12.5. The maximum absolute atomic E-state index is 10.7. The molecule has 3 rings (SSSR count). The molecule has 7 heteroatoms. The van der Waals surface area contributed by atoms with Crippen LogP contribution in [0.5, 0.6) is 0 Å². The van der Waals surface area contributed by atoms with Crippen molar-refractivity contribution in [3.8, 4) is 0 Å². The van der Waals surface area contributed by atoms with E-state index in [1.165, 1.54) is 12.3 Å². The number of nitrogens with one attached hydrogen (secondary N) is 1. The first-order valence-electron chi connectivity index (χ1n) is 7.04. The van der Waals surface area contributed by atoms with Gasteiger partial charge < -0.3 is 9.88 Å². The summed E-state index contributed by atoms with van der Waals surface area (Å²) in [5, 5.41) is 14.0. The molecular weight excluding hydrogens is 294 g/mol. The molecule has 2 aromatic heterocycles. The first kappa shape index (κ1) is 14.7. The summed E-state index contributed by atoms with van der Waals surface area (Å²) in [6.45, 7) is 0. The van der Waals surface area contributed by atoms with Crippen molar-refractivity contribution in [1.29, 1.82) is 0 Å². The van der Waals surface area contributed by atoms with Crippen LogP contribution in [-0.2, 0) is 7.05 Å². The molecule has 0 fully saturated rings. The first-order chi connectivity index (χ1) is 11.1. The van der Waals surface area contributed by atoms with Gasteiger partial charge in [-0.25, -0.2) is 9.97 Å². The van der Waals surface area contributed by atoms with Crippen LogP contribution < -0.4 is 5.32 Å². The van der Waals surface area contributed by atoms with Crippen molar-refractivity contribution in [2.45, 2.75) is 6.04 Å². The lowest BCUT2D eigenvalue weighted by Gasteiger charge is -2.19. The lowest BCUT2D eigenvalue weighted by Crippen LogP contribution is -2.17. The van der Waals surface area contributed by atoms with Crippen LogP contribution in [-0.4, -0.2) is 19.5 Å². The van der Waals surface area contributed by atoms with Crippen molar-refractivity contribution in [2.75, 3.05) is 5.32 Å². The zero-order chi connectivity index (χ0) is 16.2. The van der Waals surface area contributed by atoms with Gasteiger partial charge in [-0.1, -0.05) is 30.3 Å². The minimum Gasteiger partial charge on any atom is -0.356 e. The molecule has 0 aliphatic rings. The van der Waals surface area contributed by atoms with Crippen molar-refractivity contribution < 1.29 is 4.92 Å². The Morgan fingerprint density at radius 2 is 1.96 bits per heavy atom. The summed E-state index contributed by atoms with van der Waals surface area (Å²) in [5.74, 6) is 1.38. The standard InChI is InChI=1S/C16H15N5O2/c1-20-10-9-17-16(20)15(12-5-3-2-4-6-12)19-14-8-7-13(11-18-14)21(22)23/h2-11,15H,1H3,(H,18,19)/t15-/m0/s1. The summed E-state index contributed by atoms with van der Waals surface area (Å²) in [6, 6.07) is 12.7. The maximum Gasteiger partial charge on any atom is 0.287 e. The highest BCUT2D eigenvalue weighted by Crippen LogP contribution is 2.25. The minimum absolute atomic E-state index is 0.0381. The van der Waals surface area contributed by atoms with Gasteiger partial charge in [-0.3, -0.25) is 10.1 Å². The predicted molar refractivity (Wildman–Crippen MR) is 86.0 cm³/mol. The third kappa shape index (κ3) is 3.18. The molecule has 7 nitrogen and oxygen atoms in total. The van der Waals surface area contributed by atoms with E-state index in [1.807, 2.05) is 48.1 Å². The highest BCUT2D eigenvalue weighted by atomic mass is 16.6. The van der Waals surface area contributed by atoms with Crippen molar-refractivity contribution >= 4 is 11.5 Å². The van der Waals surface area contributed by atoms with Crippen LogP contribution in [0.1, 0.15) is 17.4 Å². The van der Waals surface area contributed by atoms with Crippen molar-refractivity contribution in [1.82, 2.24) is 14.5 Å². The SMILES string of the molecule is Cn1ccnc1[C@@H](Nc1ccc([N+](=O)[O-])cn1)c1ccccc1. The van der Waals surface area contributed by atoms with Gasteiger partial charge in [0.15, 0.2) is 0 Å². The van der Waals surface area contributed by atoms with E-state index in [-0.39, 0.29) is 11.7 Å². The monoisotopic (exact) mass is 309 g/mol. The topological polar surface area (TPSA) is 85.9 Å². The number of anilines is 1. The van der Waals surface area contributed by atoms with Crippen molar-refractivity contribution in [2.24, 2.45) is 7.05 Å². The molecule has 0 amide bonds. The quantitative estimate of drug-likeness (QED) is 0.578. The van der Waals surface area contributed by atoms with E-state index in [1.54, 1.807) is 12.3 Å². The zero-order valence-electron chi connectivity index (χ0n) is 12.5. The molecule has 1 aromatic carbocycles. The number of imidazole rings is 1. The van der Waals surface area contributed by atoms with E-state index < -0.39 is 4.92 Å². The predicted octanol–water partition coefficient (Wildman–Crippen LogP) is 2.92. The number of aryl methyl sites for hydroxylation is 1. The minimum atomic E-state index is -0.468. The second-order valence-electron chi connectivity index (χ2n) is 5.04. The molecule has 3 aromatic rings. The summed E-state index contributed by atoms with van der Waals surface area (Å²) >= 11 is 0. The Balaban J connectivity index is 1.93. The summed E-state index contributed by atoms with van der Waals surface area (Å²) in [4.78, 5) is 18.8. The van der Waals surface area contributed by atoms with Crippen LogP contribution in [0, 0.1) is 10.1 Å². The highest BCUT2D eigenvalue weighted by molar-refractivity contribution is 5.44. The number of benzene rings is 1. The van der Waals surface area contributed by atoms with Gasteiger partial charge >= 0.3 is 0 Å². The Morgan fingerprint density at radius 3 is 2.52 bits per heavy atom. The van der Waals surface area contributed by atoms with Crippen LogP contribution in [0.3, 0.4) is 0 Å². The van der Waals surface area contributed by atoms with Crippen LogP contribution in [0.15, 0.2) is 61.1 Å². The number of aromatic nitrogens is 3. The molecule has 0 aliphatic heterocycles. The van der Waals surface area contributed by atoms with Gasteiger partial charge in [0.2, 0.25) is 0 Å². The molecule has 0 saturated carbocycles. The van der Waals surface area contributed by atoms with Gasteiger partial charge in [-0.05, 0) is 11.6 Å². The van der Waals surface area contributed by atoms with Gasteiger partial charge in [0.1, 0.15) is 23.9 Å². The maximum atomic E-state index is 10.7. The highest BCUT2D eigenvalue weighted by Gasteiger charge is 2.19. The van der Waals surface area contributed by atoms with Gasteiger partial charge in [-0.15, -0.1) is 0 Å². The fourth-order valence-corrected chi connectivity index (χ4v) is 2.33. The fraction of sp³-hybridized carbons (Fsp3) is 0.125. The molecule has 2 heterocycles. The van der Waals surface area contributed by atoms with Crippen LogP contribution in [0.25, 0.3) is 0 Å². The number of hydrogen-bond donors (Lipinski definition) is 1. The molecule has 0 spiro atoms. The van der Waals surface area contributed by atoms with E-state index in [9.17, 15) is 10.1 Å². The Hall–Kier alpha value is -3.22. The van der Waals surface area contributed by atoms with Crippen molar-refractivity contribution in [3.63, 3.8) is 0 Å². The summed E-state index contributed by atoms with van der Waals surface area (Å²) < 4.78 is 1.93. The summed E-state index contributed by atoms with van der Waals surface area (Å²) in [6.07, 6.45) is 4.84. The molecule has 0 unspecified atom stereocenters. The van der Waals surface area contributed by atoms with Gasteiger partial charge in [0, 0.05) is 25.5 Å². The summed E-state index contributed by atoms with van der Waals surface area (Å²) in [5.41, 5.74) is 0.991. The Labute approximate surface area is 132 Å². The lowest BCUT2D eigenvalue weighted by molar-refractivity contribution is -0.385. The number of pyridine rings is 1. The number of rotatable bonds is 5. The Kier molecular flexibility index (Phi) is 4.01. The molecule has 23 heavy (non-hydrogen) atoms. The molecule has 0 aliphatic carbocycles. The number of nitro groups is 1. The Bertz CT molecular complexity index is 799. The van der Waals surface area contributed by atoms with E-state index >= 15 is 0 Å². The number of hydrogen-bond acceptors (Lipinski definition) is 5. The normalized spacial score (nSPS) is 11.9. The smallest absolute Gasteiger partial charge is 0.287 e. The van der Waals surface area contributed by atoms with E-state index in [0.717, 1.165) is 11.4 Å². The van der Waals surface area contributed by atoms with Crippen LogP contribution in [0.4, 0.5) is 11.5 Å². The van der Waals surface area contributed by atoms with Crippen LogP contribution >= 0.6 is 0 Å². The number of nitrogens with zero attached hydrogens (tertiary/aromatic N) is 4. The van der Waals surface area contributed by atoms with Gasteiger partial charge in [-0.2, -0.15) is 0 Å². The van der Waals surface area contributed by atoms with E-state index in [0.29, 0.717) is 5.82 Å². The molecule has 1 N–H and O–H groups in total. The second kappa shape index (κ2) is 6.27. The molecule has 0 bridgehead atoms. The largest absolute Gasteiger partial charge is 0.356 e. The van der Waals surface area contributed by atoms with Crippen molar-refractivity contribution in [3.05, 3.63) is 82.6 Å². The lowest BCUT2D eigenvalue weighted by atomic mass is 10.1. The van der Waals surface area contributed by atoms with E-state index in [4.69, 9.17) is 0 Å². The van der Waals surface area contributed by atoms with Crippen LogP contribution in [0.2, 0.25) is 0 Å². The average Bonchev–Trinajstić information content (AvgIpc) is 2.99.